The molecule has 5 heteroatoms. The summed E-state index contributed by atoms with van der Waals surface area (Å²) in [5.41, 5.74) is 5.03. The molecule has 2 heterocycles. The number of aromatic nitrogens is 1. The third-order valence-electron chi connectivity index (χ3n) is 5.05. The number of aromatic carboxylic acids is 1. The Kier molecular flexibility index (Phi) is 5.21. The smallest absolute Gasteiger partial charge is 0.335 e. The van der Waals surface area contributed by atoms with E-state index in [0.29, 0.717) is 5.56 Å². The SMILES string of the molecule is CCc1cc(C(=O)O)cc2c(CCCN3CCNCC3)c(C)[nH]c12. The van der Waals surface area contributed by atoms with Gasteiger partial charge in [-0.25, -0.2) is 4.79 Å². The van der Waals surface area contributed by atoms with Gasteiger partial charge in [0.15, 0.2) is 0 Å². The zero-order chi connectivity index (χ0) is 17.1. The molecule has 1 fully saturated rings. The van der Waals surface area contributed by atoms with Crippen LogP contribution in [0.3, 0.4) is 0 Å². The molecule has 0 atom stereocenters. The van der Waals surface area contributed by atoms with E-state index in [4.69, 9.17) is 0 Å². The fourth-order valence-corrected chi connectivity index (χ4v) is 3.69. The molecule has 0 unspecified atom stereocenters. The van der Waals surface area contributed by atoms with Gasteiger partial charge in [-0.2, -0.15) is 0 Å². The van der Waals surface area contributed by atoms with Gasteiger partial charge in [0.1, 0.15) is 0 Å². The first kappa shape index (κ1) is 17.0. The Hall–Kier alpha value is -1.85. The third kappa shape index (κ3) is 3.47. The molecule has 1 aliphatic rings. The number of carboxylic acid groups (broad SMARTS) is 1. The summed E-state index contributed by atoms with van der Waals surface area (Å²) in [5, 5.41) is 13.9. The maximum absolute atomic E-state index is 11.4. The van der Waals surface area contributed by atoms with E-state index in [-0.39, 0.29) is 0 Å². The minimum atomic E-state index is -0.850. The highest BCUT2D eigenvalue weighted by molar-refractivity contribution is 5.96. The summed E-state index contributed by atoms with van der Waals surface area (Å²) >= 11 is 0. The van der Waals surface area contributed by atoms with Crippen molar-refractivity contribution in [1.29, 1.82) is 0 Å². The molecule has 0 amide bonds. The number of carbonyl (C=O) groups is 1. The molecule has 5 nitrogen and oxygen atoms in total. The van der Waals surface area contributed by atoms with Crippen LogP contribution in [0.15, 0.2) is 12.1 Å². The number of aromatic amines is 1. The van der Waals surface area contributed by atoms with Gasteiger partial charge in [-0.05, 0) is 56.0 Å². The van der Waals surface area contributed by atoms with Crippen molar-refractivity contribution in [2.45, 2.75) is 33.1 Å². The standard InChI is InChI=1S/C19H27N3O2/c1-3-14-11-15(19(23)24)12-17-16(13(2)21-18(14)17)5-4-8-22-9-6-20-7-10-22/h11-12,20-21H,3-10H2,1-2H3,(H,23,24). The highest BCUT2D eigenvalue weighted by Crippen LogP contribution is 2.28. The van der Waals surface area contributed by atoms with Crippen LogP contribution in [-0.4, -0.2) is 53.7 Å². The number of aryl methyl sites for hydroxylation is 3. The number of benzene rings is 1. The minimum absolute atomic E-state index is 0.390. The molecule has 1 aliphatic heterocycles. The van der Waals surface area contributed by atoms with Crippen LogP contribution in [0, 0.1) is 6.92 Å². The van der Waals surface area contributed by atoms with Crippen LogP contribution < -0.4 is 5.32 Å². The van der Waals surface area contributed by atoms with Crippen molar-refractivity contribution >= 4 is 16.9 Å². The van der Waals surface area contributed by atoms with Gasteiger partial charge in [0.2, 0.25) is 0 Å². The van der Waals surface area contributed by atoms with E-state index in [2.05, 4.69) is 29.0 Å². The van der Waals surface area contributed by atoms with Crippen molar-refractivity contribution in [3.63, 3.8) is 0 Å². The topological polar surface area (TPSA) is 68.4 Å². The predicted molar refractivity (Wildman–Crippen MR) is 97.0 cm³/mol. The number of H-pyrrole nitrogens is 1. The Balaban J connectivity index is 1.82. The molecule has 1 saturated heterocycles. The summed E-state index contributed by atoms with van der Waals surface area (Å²) in [5.74, 6) is -0.850. The Bertz CT molecular complexity index is 730. The van der Waals surface area contributed by atoms with Gasteiger partial charge in [0.25, 0.3) is 0 Å². The van der Waals surface area contributed by atoms with Crippen LogP contribution in [0.5, 0.6) is 0 Å². The van der Waals surface area contributed by atoms with Crippen molar-refractivity contribution in [3.8, 4) is 0 Å². The van der Waals surface area contributed by atoms with Crippen LogP contribution in [0.1, 0.15) is 40.5 Å². The first-order valence-corrected chi connectivity index (χ1v) is 8.90. The number of fused-ring (bicyclic) bond motifs is 1. The predicted octanol–water partition coefficient (Wildman–Crippen LogP) is 2.57. The van der Waals surface area contributed by atoms with E-state index in [9.17, 15) is 9.90 Å². The van der Waals surface area contributed by atoms with Crippen LogP contribution in [0.25, 0.3) is 10.9 Å². The fraction of sp³-hybridized carbons (Fsp3) is 0.526. The summed E-state index contributed by atoms with van der Waals surface area (Å²) in [6.07, 6.45) is 2.92. The van der Waals surface area contributed by atoms with Gasteiger partial charge >= 0.3 is 5.97 Å². The lowest BCUT2D eigenvalue weighted by molar-refractivity contribution is 0.0697. The molecule has 0 bridgehead atoms. The van der Waals surface area contributed by atoms with Crippen LogP contribution in [-0.2, 0) is 12.8 Å². The van der Waals surface area contributed by atoms with Gasteiger partial charge in [0.05, 0.1) is 5.56 Å². The minimum Gasteiger partial charge on any atom is -0.478 e. The fourth-order valence-electron chi connectivity index (χ4n) is 3.69. The van der Waals surface area contributed by atoms with Crippen LogP contribution in [0.4, 0.5) is 0 Å². The van der Waals surface area contributed by atoms with Crippen molar-refractivity contribution in [1.82, 2.24) is 15.2 Å². The zero-order valence-electron chi connectivity index (χ0n) is 14.6. The Morgan fingerprint density at radius 3 is 2.71 bits per heavy atom. The van der Waals surface area contributed by atoms with Crippen molar-refractivity contribution < 1.29 is 9.90 Å². The van der Waals surface area contributed by atoms with E-state index in [0.717, 1.165) is 68.5 Å². The first-order valence-electron chi connectivity index (χ1n) is 8.90. The highest BCUT2D eigenvalue weighted by Gasteiger charge is 2.16. The summed E-state index contributed by atoms with van der Waals surface area (Å²) in [4.78, 5) is 17.4. The molecule has 3 N–H and O–H groups in total. The zero-order valence-corrected chi connectivity index (χ0v) is 14.6. The van der Waals surface area contributed by atoms with E-state index < -0.39 is 5.97 Å². The largest absolute Gasteiger partial charge is 0.478 e. The van der Waals surface area contributed by atoms with E-state index >= 15 is 0 Å². The monoisotopic (exact) mass is 329 g/mol. The molecule has 0 radical (unpaired) electrons. The lowest BCUT2D eigenvalue weighted by atomic mass is 9.99. The number of piperazine rings is 1. The molecule has 1 aromatic heterocycles. The second-order valence-electron chi connectivity index (χ2n) is 6.64. The van der Waals surface area contributed by atoms with Gasteiger partial charge in [0, 0.05) is 42.8 Å². The molecule has 0 saturated carbocycles. The van der Waals surface area contributed by atoms with Gasteiger partial charge in [-0.3, -0.25) is 0 Å². The second-order valence-corrected chi connectivity index (χ2v) is 6.64. The molecule has 0 aliphatic carbocycles. The maximum Gasteiger partial charge on any atom is 0.335 e. The molecular weight excluding hydrogens is 302 g/mol. The second kappa shape index (κ2) is 7.36. The number of carboxylic acids is 1. The Labute approximate surface area is 143 Å². The van der Waals surface area contributed by atoms with Crippen LogP contribution in [0.2, 0.25) is 0 Å². The molecule has 130 valence electrons. The lowest BCUT2D eigenvalue weighted by Crippen LogP contribution is -2.43. The summed E-state index contributed by atoms with van der Waals surface area (Å²) in [7, 11) is 0. The number of nitrogens with one attached hydrogen (secondary N) is 2. The number of rotatable bonds is 6. The normalized spacial score (nSPS) is 15.9. The third-order valence-corrected chi connectivity index (χ3v) is 5.05. The molecule has 2 aromatic rings. The molecular formula is C19H27N3O2. The van der Waals surface area contributed by atoms with Gasteiger partial charge in [-0.15, -0.1) is 0 Å². The molecule has 1 aromatic carbocycles. The van der Waals surface area contributed by atoms with E-state index in [1.807, 2.05) is 6.07 Å². The summed E-state index contributed by atoms with van der Waals surface area (Å²) < 4.78 is 0. The van der Waals surface area contributed by atoms with E-state index in [1.54, 1.807) is 6.07 Å². The Morgan fingerprint density at radius 2 is 2.04 bits per heavy atom. The average Bonchev–Trinajstić information content (AvgIpc) is 2.90. The first-order chi connectivity index (χ1) is 11.6. The highest BCUT2D eigenvalue weighted by atomic mass is 16.4. The number of hydrogen-bond acceptors (Lipinski definition) is 3. The molecule has 24 heavy (non-hydrogen) atoms. The van der Waals surface area contributed by atoms with Gasteiger partial charge in [-0.1, -0.05) is 6.92 Å². The number of nitrogens with zero attached hydrogens (tertiary/aromatic N) is 1. The van der Waals surface area contributed by atoms with E-state index in [1.165, 1.54) is 11.3 Å². The lowest BCUT2D eigenvalue weighted by Gasteiger charge is -2.27. The molecule has 0 spiro atoms. The summed E-state index contributed by atoms with van der Waals surface area (Å²) in [6, 6.07) is 3.63. The van der Waals surface area contributed by atoms with Crippen LogP contribution >= 0.6 is 0 Å². The van der Waals surface area contributed by atoms with Crippen molar-refractivity contribution in [2.75, 3.05) is 32.7 Å². The molecule has 3 rings (SSSR count). The van der Waals surface area contributed by atoms with Crippen molar-refractivity contribution in [2.24, 2.45) is 0 Å². The number of hydrogen-bond donors (Lipinski definition) is 3. The quantitative estimate of drug-likeness (QED) is 0.762. The Morgan fingerprint density at radius 1 is 1.29 bits per heavy atom. The van der Waals surface area contributed by atoms with Gasteiger partial charge < -0.3 is 20.3 Å². The van der Waals surface area contributed by atoms with Crippen molar-refractivity contribution in [3.05, 3.63) is 34.5 Å². The maximum atomic E-state index is 11.4. The average molecular weight is 329 g/mol. The summed E-state index contributed by atoms with van der Waals surface area (Å²) in [6.45, 7) is 9.67.